The van der Waals surface area contributed by atoms with Gasteiger partial charge in [-0.1, -0.05) is 0 Å². The summed E-state index contributed by atoms with van der Waals surface area (Å²) in [7, 11) is 1.71. The van der Waals surface area contributed by atoms with Gasteiger partial charge in [-0.05, 0) is 40.2 Å². The zero-order valence-electron chi connectivity index (χ0n) is 13.9. The molecule has 2 N–H and O–H groups in total. The van der Waals surface area contributed by atoms with Gasteiger partial charge in [0.05, 0.1) is 12.3 Å². The Labute approximate surface area is 128 Å². The first-order chi connectivity index (χ1) is 10.1. The van der Waals surface area contributed by atoms with Crippen molar-refractivity contribution in [2.75, 3.05) is 26.8 Å². The van der Waals surface area contributed by atoms with Crippen LogP contribution in [-0.4, -0.2) is 48.6 Å². The first-order valence-electron chi connectivity index (χ1n) is 7.61. The zero-order chi connectivity index (χ0) is 15.7. The third-order valence-electron chi connectivity index (χ3n) is 3.05. The van der Waals surface area contributed by atoms with Gasteiger partial charge in [0.2, 0.25) is 0 Å². The van der Waals surface area contributed by atoms with Crippen LogP contribution in [0.25, 0.3) is 0 Å². The number of hydrogen-bond donors (Lipinski definition) is 2. The number of rotatable bonds is 8. The molecule has 6 heteroatoms. The Kier molecular flexibility index (Phi) is 7.82. The second-order valence-corrected chi connectivity index (χ2v) is 5.27. The monoisotopic (exact) mass is 295 g/mol. The molecule has 0 aliphatic carbocycles. The normalized spacial score (nSPS) is 13.3. The van der Waals surface area contributed by atoms with E-state index in [0.29, 0.717) is 6.61 Å². The molecule has 1 heterocycles. The van der Waals surface area contributed by atoms with Crippen LogP contribution >= 0.6 is 0 Å². The highest BCUT2D eigenvalue weighted by Gasteiger charge is 2.04. The lowest BCUT2D eigenvalue weighted by molar-refractivity contribution is 0.179. The number of nitrogens with one attached hydrogen (secondary N) is 2. The second-order valence-electron chi connectivity index (χ2n) is 5.27. The van der Waals surface area contributed by atoms with Crippen molar-refractivity contribution in [3.05, 3.63) is 17.5 Å². The smallest absolute Gasteiger partial charge is 0.191 e. The largest absolute Gasteiger partial charge is 0.383 e. The van der Waals surface area contributed by atoms with Crippen molar-refractivity contribution in [2.24, 2.45) is 4.99 Å². The predicted molar refractivity (Wildman–Crippen MR) is 86.8 cm³/mol. The Hall–Kier alpha value is -1.56. The van der Waals surface area contributed by atoms with Crippen LogP contribution in [0.5, 0.6) is 0 Å². The number of aryl methyl sites for hydroxylation is 3. The molecule has 0 aromatic carbocycles. The van der Waals surface area contributed by atoms with E-state index in [0.717, 1.165) is 37.7 Å². The summed E-state index contributed by atoms with van der Waals surface area (Å²) < 4.78 is 7.17. The number of nitrogens with zero attached hydrogens (tertiary/aromatic N) is 3. The van der Waals surface area contributed by atoms with Crippen molar-refractivity contribution in [2.45, 2.75) is 46.7 Å². The van der Waals surface area contributed by atoms with E-state index >= 15 is 0 Å². The molecule has 1 aromatic heterocycles. The van der Waals surface area contributed by atoms with E-state index in [1.165, 1.54) is 5.69 Å². The number of aromatic nitrogens is 2. The molecule has 0 saturated carbocycles. The summed E-state index contributed by atoms with van der Waals surface area (Å²) in [4.78, 5) is 4.58. The van der Waals surface area contributed by atoms with E-state index in [-0.39, 0.29) is 6.04 Å². The Morgan fingerprint density at radius 1 is 1.48 bits per heavy atom. The molecule has 0 amide bonds. The van der Waals surface area contributed by atoms with Gasteiger partial charge in [-0.15, -0.1) is 0 Å². The number of aliphatic imine (C=N–C) groups is 1. The van der Waals surface area contributed by atoms with Gasteiger partial charge in [0, 0.05) is 38.5 Å². The van der Waals surface area contributed by atoms with Crippen LogP contribution in [-0.2, 0) is 11.3 Å². The van der Waals surface area contributed by atoms with Crippen LogP contribution in [0.15, 0.2) is 11.1 Å². The minimum Gasteiger partial charge on any atom is -0.383 e. The van der Waals surface area contributed by atoms with Crippen molar-refractivity contribution in [1.29, 1.82) is 0 Å². The van der Waals surface area contributed by atoms with Crippen LogP contribution < -0.4 is 10.6 Å². The maximum atomic E-state index is 5.12. The van der Waals surface area contributed by atoms with Crippen molar-refractivity contribution in [3.63, 3.8) is 0 Å². The topological polar surface area (TPSA) is 63.5 Å². The molecule has 0 fully saturated rings. The van der Waals surface area contributed by atoms with Gasteiger partial charge in [0.25, 0.3) is 0 Å². The molecule has 0 radical (unpaired) electrons. The predicted octanol–water partition coefficient (Wildman–Crippen LogP) is 1.48. The molecule has 6 nitrogen and oxygen atoms in total. The molecule has 0 aliphatic heterocycles. The van der Waals surface area contributed by atoms with Crippen LogP contribution in [0, 0.1) is 13.8 Å². The first-order valence-corrected chi connectivity index (χ1v) is 7.61. The molecule has 0 spiro atoms. The fourth-order valence-corrected chi connectivity index (χ4v) is 2.16. The molecule has 0 bridgehead atoms. The number of hydrogen-bond acceptors (Lipinski definition) is 3. The molecular weight excluding hydrogens is 266 g/mol. The van der Waals surface area contributed by atoms with Gasteiger partial charge >= 0.3 is 0 Å². The first kappa shape index (κ1) is 17.5. The van der Waals surface area contributed by atoms with Crippen molar-refractivity contribution in [3.8, 4) is 0 Å². The maximum Gasteiger partial charge on any atom is 0.191 e. The minimum absolute atomic E-state index is 0.240. The van der Waals surface area contributed by atoms with Crippen LogP contribution in [0.2, 0.25) is 0 Å². The van der Waals surface area contributed by atoms with Crippen LogP contribution in [0.1, 0.15) is 31.7 Å². The lowest BCUT2D eigenvalue weighted by Crippen LogP contribution is -2.44. The Bertz CT molecular complexity index is 441. The van der Waals surface area contributed by atoms with E-state index in [9.17, 15) is 0 Å². The molecule has 21 heavy (non-hydrogen) atoms. The van der Waals surface area contributed by atoms with E-state index in [1.807, 2.05) is 11.6 Å². The highest BCUT2D eigenvalue weighted by Crippen LogP contribution is 2.02. The van der Waals surface area contributed by atoms with E-state index in [2.05, 4.69) is 47.6 Å². The van der Waals surface area contributed by atoms with E-state index < -0.39 is 0 Å². The summed E-state index contributed by atoms with van der Waals surface area (Å²) in [5.74, 6) is 0.843. The van der Waals surface area contributed by atoms with Gasteiger partial charge in [0.15, 0.2) is 5.96 Å². The molecule has 1 aromatic rings. The van der Waals surface area contributed by atoms with Crippen molar-refractivity contribution in [1.82, 2.24) is 20.4 Å². The van der Waals surface area contributed by atoms with Crippen molar-refractivity contribution >= 4 is 5.96 Å². The summed E-state index contributed by atoms with van der Waals surface area (Å²) in [6.45, 7) is 11.4. The van der Waals surface area contributed by atoms with Gasteiger partial charge in [-0.3, -0.25) is 9.67 Å². The molecule has 120 valence electrons. The highest BCUT2D eigenvalue weighted by molar-refractivity contribution is 5.80. The third kappa shape index (κ3) is 6.62. The number of ether oxygens (including phenoxy) is 1. The number of guanidine groups is 1. The lowest BCUT2D eigenvalue weighted by Gasteiger charge is -2.17. The second kappa shape index (κ2) is 9.39. The summed E-state index contributed by atoms with van der Waals surface area (Å²) in [5, 5.41) is 11.0. The van der Waals surface area contributed by atoms with Gasteiger partial charge in [0.1, 0.15) is 0 Å². The van der Waals surface area contributed by atoms with Gasteiger partial charge in [-0.2, -0.15) is 5.10 Å². The molecule has 1 atom stereocenters. The van der Waals surface area contributed by atoms with E-state index in [4.69, 9.17) is 4.74 Å². The lowest BCUT2D eigenvalue weighted by atomic mass is 10.3. The molecular formula is C15H29N5O. The molecule has 0 saturated heterocycles. The number of methoxy groups -OCH3 is 1. The summed E-state index contributed by atoms with van der Waals surface area (Å²) >= 11 is 0. The average Bonchev–Trinajstić information content (AvgIpc) is 2.73. The Morgan fingerprint density at radius 2 is 2.24 bits per heavy atom. The van der Waals surface area contributed by atoms with Crippen LogP contribution in [0.4, 0.5) is 0 Å². The molecule has 1 rings (SSSR count). The fourth-order valence-electron chi connectivity index (χ4n) is 2.16. The molecule has 0 aliphatic rings. The van der Waals surface area contributed by atoms with Gasteiger partial charge in [-0.25, -0.2) is 0 Å². The SMILES string of the molecule is CCNC(=NCCCn1nc(C)cc1C)NC(C)COC. The summed E-state index contributed by atoms with van der Waals surface area (Å²) in [6, 6.07) is 2.34. The maximum absolute atomic E-state index is 5.12. The highest BCUT2D eigenvalue weighted by atomic mass is 16.5. The summed E-state index contributed by atoms with van der Waals surface area (Å²) in [6.07, 6.45) is 0.969. The standard InChI is InChI=1S/C15H29N5O/c1-6-16-15(18-13(3)11-21-5)17-8-7-9-20-14(4)10-12(2)19-20/h10,13H,6-9,11H2,1-5H3,(H2,16,17,18). The summed E-state index contributed by atoms with van der Waals surface area (Å²) in [5.41, 5.74) is 2.27. The molecule has 1 unspecified atom stereocenters. The quantitative estimate of drug-likeness (QED) is 0.433. The van der Waals surface area contributed by atoms with E-state index in [1.54, 1.807) is 7.11 Å². The third-order valence-corrected chi connectivity index (χ3v) is 3.05. The van der Waals surface area contributed by atoms with Crippen molar-refractivity contribution < 1.29 is 4.74 Å². The van der Waals surface area contributed by atoms with Crippen LogP contribution in [0.3, 0.4) is 0 Å². The zero-order valence-corrected chi connectivity index (χ0v) is 13.9. The Morgan fingerprint density at radius 3 is 2.81 bits per heavy atom. The Balaban J connectivity index is 2.41. The average molecular weight is 295 g/mol. The fraction of sp³-hybridized carbons (Fsp3) is 0.733. The minimum atomic E-state index is 0.240. The van der Waals surface area contributed by atoms with Gasteiger partial charge < -0.3 is 15.4 Å².